The highest BCUT2D eigenvalue weighted by Crippen LogP contribution is 2.54. The van der Waals surface area contributed by atoms with Crippen molar-refractivity contribution in [3.05, 3.63) is 34.9 Å². The van der Waals surface area contributed by atoms with E-state index in [-0.39, 0.29) is 47.7 Å². The number of methoxy groups -OCH3 is 4. The minimum atomic E-state index is -1.63. The van der Waals surface area contributed by atoms with Gasteiger partial charge in [0.1, 0.15) is 24.4 Å². The van der Waals surface area contributed by atoms with Gasteiger partial charge in [-0.05, 0) is 47.6 Å². The fourth-order valence-electron chi connectivity index (χ4n) is 5.83. The Bertz CT molecular complexity index is 1180. The number of ether oxygens (including phenoxy) is 6. The summed E-state index contributed by atoms with van der Waals surface area (Å²) in [6.07, 6.45) is -7.02. The summed E-state index contributed by atoms with van der Waals surface area (Å²) in [4.78, 5) is 0. The number of rotatable bonds is 10. The zero-order chi connectivity index (χ0) is 30.0. The van der Waals surface area contributed by atoms with Crippen LogP contribution >= 0.6 is 0 Å². The van der Waals surface area contributed by atoms with E-state index >= 15 is 0 Å². The van der Waals surface area contributed by atoms with Gasteiger partial charge in [0.05, 0.1) is 41.7 Å². The molecular weight excluding hydrogens is 544 g/mol. The normalized spacial score (nSPS) is 29.5. The van der Waals surface area contributed by atoms with Crippen molar-refractivity contribution < 1.29 is 64.2 Å². The number of hydrogen-bond acceptors (Lipinski definition) is 13. The second-order valence-corrected chi connectivity index (χ2v) is 10.1. The number of benzene rings is 2. The van der Waals surface area contributed by atoms with E-state index in [9.17, 15) is 35.7 Å². The van der Waals surface area contributed by atoms with Crippen LogP contribution in [0.3, 0.4) is 0 Å². The predicted octanol–water partition coefficient (Wildman–Crippen LogP) is -0.139. The van der Waals surface area contributed by atoms with Crippen molar-refractivity contribution >= 4 is 0 Å². The van der Waals surface area contributed by atoms with Gasteiger partial charge < -0.3 is 64.2 Å². The molecule has 7 N–H and O–H groups in total. The molecule has 4 rings (SSSR count). The molecule has 0 spiro atoms. The van der Waals surface area contributed by atoms with E-state index in [4.69, 9.17) is 28.4 Å². The molecule has 0 saturated carbocycles. The summed E-state index contributed by atoms with van der Waals surface area (Å²) in [5, 5.41) is 72.6. The van der Waals surface area contributed by atoms with E-state index in [0.717, 1.165) is 5.56 Å². The highest BCUT2D eigenvalue weighted by Gasteiger charge is 2.46. The fraction of sp³-hybridized carbons (Fsp3) is 0.571. The van der Waals surface area contributed by atoms with Crippen molar-refractivity contribution in [1.29, 1.82) is 0 Å². The second kappa shape index (κ2) is 12.9. The number of phenolic OH excluding ortho intramolecular Hbond substituents is 2. The van der Waals surface area contributed by atoms with E-state index in [0.29, 0.717) is 17.5 Å². The quantitative estimate of drug-likeness (QED) is 0.196. The Hall–Kier alpha value is -3.04. The fourth-order valence-corrected chi connectivity index (χ4v) is 5.83. The lowest BCUT2D eigenvalue weighted by atomic mass is 9.66. The van der Waals surface area contributed by atoms with Crippen LogP contribution in [0.2, 0.25) is 0 Å². The summed E-state index contributed by atoms with van der Waals surface area (Å²) in [5.74, 6) is -1.51. The summed E-state index contributed by atoms with van der Waals surface area (Å²) in [6, 6.07) is 4.88. The maximum Gasteiger partial charge on any atom is 0.201 e. The zero-order valence-electron chi connectivity index (χ0n) is 23.3. The smallest absolute Gasteiger partial charge is 0.201 e. The van der Waals surface area contributed by atoms with Crippen molar-refractivity contribution in [2.24, 2.45) is 11.8 Å². The highest BCUT2D eigenvalue weighted by molar-refractivity contribution is 5.64. The number of aliphatic hydroxyl groups is 5. The minimum absolute atomic E-state index is 0.123. The van der Waals surface area contributed by atoms with Gasteiger partial charge in [0, 0.05) is 18.1 Å². The summed E-state index contributed by atoms with van der Waals surface area (Å²) in [7, 11) is 5.60. The van der Waals surface area contributed by atoms with E-state index in [1.807, 2.05) is 0 Å². The van der Waals surface area contributed by atoms with Crippen molar-refractivity contribution in [3.8, 4) is 34.5 Å². The Kier molecular flexibility index (Phi) is 9.70. The monoisotopic (exact) mass is 582 g/mol. The topological polar surface area (TPSA) is 197 Å². The number of aromatic hydroxyl groups is 2. The number of hydrogen-bond donors (Lipinski definition) is 7. The molecule has 13 heteroatoms. The third-order valence-electron chi connectivity index (χ3n) is 7.99. The van der Waals surface area contributed by atoms with Crippen LogP contribution < -0.4 is 18.9 Å². The van der Waals surface area contributed by atoms with E-state index in [1.165, 1.54) is 28.4 Å². The molecule has 0 amide bonds. The SMILES string of the molecule is COc1cc(C2c3c(cc(OC)c(O)c3OC)C[C@@H](CO)C2CO[C@@H]2O[C@H](CO)[C@@H](O)[C@H](O)[C@H]2O)cc(OC)c1O. The van der Waals surface area contributed by atoms with Crippen LogP contribution in [0.4, 0.5) is 0 Å². The molecule has 1 heterocycles. The molecule has 2 aromatic rings. The van der Waals surface area contributed by atoms with Crippen LogP contribution in [0.1, 0.15) is 22.6 Å². The molecular formula is C28H38O13. The van der Waals surface area contributed by atoms with Gasteiger partial charge in [-0.3, -0.25) is 0 Å². The van der Waals surface area contributed by atoms with Crippen molar-refractivity contribution in [2.45, 2.75) is 43.0 Å². The Morgan fingerprint density at radius 3 is 1.93 bits per heavy atom. The zero-order valence-corrected chi connectivity index (χ0v) is 23.3. The van der Waals surface area contributed by atoms with Crippen LogP contribution in [0.25, 0.3) is 0 Å². The maximum atomic E-state index is 11.0. The van der Waals surface area contributed by atoms with Gasteiger partial charge in [0.2, 0.25) is 11.5 Å². The van der Waals surface area contributed by atoms with Crippen LogP contribution in [0.15, 0.2) is 18.2 Å². The molecule has 41 heavy (non-hydrogen) atoms. The van der Waals surface area contributed by atoms with Crippen LogP contribution in [0.5, 0.6) is 34.5 Å². The van der Waals surface area contributed by atoms with Crippen molar-refractivity contribution in [3.63, 3.8) is 0 Å². The first-order valence-corrected chi connectivity index (χ1v) is 13.1. The molecule has 0 bridgehead atoms. The summed E-state index contributed by atoms with van der Waals surface area (Å²) in [6.45, 7) is -1.02. The Morgan fingerprint density at radius 1 is 0.780 bits per heavy atom. The Labute approximate surface area is 237 Å². The standard InChI is InChI=1S/C28H38O13/c1-36-16-7-13(8-17(37-2)22(16)31)20-15(11-40-28-26(35)25(34)23(32)19(10-30)41-28)14(9-29)5-12-6-18(38-3)24(33)27(39-4)21(12)20/h6-8,14-15,19-20,23,25-26,28-35H,5,9-11H2,1-4H3/t14-,15?,19+,20?,23+,25-,26+,28+/m0/s1. The first-order chi connectivity index (χ1) is 19.6. The summed E-state index contributed by atoms with van der Waals surface area (Å²) >= 11 is 0. The first-order valence-electron chi connectivity index (χ1n) is 13.1. The Balaban J connectivity index is 1.85. The molecule has 8 atom stereocenters. The first kappa shape index (κ1) is 30.9. The third kappa shape index (κ3) is 5.58. The maximum absolute atomic E-state index is 11.0. The molecule has 228 valence electrons. The average Bonchev–Trinajstić information content (AvgIpc) is 2.98. The van der Waals surface area contributed by atoms with Crippen LogP contribution in [0, 0.1) is 11.8 Å². The Morgan fingerprint density at radius 2 is 1.39 bits per heavy atom. The summed E-state index contributed by atoms with van der Waals surface area (Å²) < 4.78 is 33.3. The molecule has 1 fully saturated rings. The molecule has 1 saturated heterocycles. The largest absolute Gasteiger partial charge is 0.502 e. The van der Waals surface area contributed by atoms with E-state index in [2.05, 4.69) is 0 Å². The summed E-state index contributed by atoms with van der Waals surface area (Å²) in [5.41, 5.74) is 1.88. The molecule has 0 aromatic heterocycles. The molecule has 1 aliphatic carbocycles. The molecule has 1 aliphatic heterocycles. The van der Waals surface area contributed by atoms with Gasteiger partial charge in [-0.2, -0.15) is 0 Å². The lowest BCUT2D eigenvalue weighted by Crippen LogP contribution is -2.59. The predicted molar refractivity (Wildman–Crippen MR) is 142 cm³/mol. The lowest BCUT2D eigenvalue weighted by Gasteiger charge is -2.43. The lowest BCUT2D eigenvalue weighted by molar-refractivity contribution is -0.304. The second-order valence-electron chi connectivity index (χ2n) is 10.1. The van der Waals surface area contributed by atoms with Gasteiger partial charge in [-0.1, -0.05) is 0 Å². The molecule has 2 unspecified atom stereocenters. The van der Waals surface area contributed by atoms with Gasteiger partial charge in [0.15, 0.2) is 29.3 Å². The molecule has 0 radical (unpaired) electrons. The van der Waals surface area contributed by atoms with Gasteiger partial charge in [-0.15, -0.1) is 0 Å². The number of phenols is 2. The van der Waals surface area contributed by atoms with Gasteiger partial charge in [-0.25, -0.2) is 0 Å². The average molecular weight is 583 g/mol. The van der Waals surface area contributed by atoms with E-state index in [1.54, 1.807) is 18.2 Å². The number of fused-ring (bicyclic) bond motifs is 1. The van der Waals surface area contributed by atoms with Crippen molar-refractivity contribution in [1.82, 2.24) is 0 Å². The van der Waals surface area contributed by atoms with Crippen LogP contribution in [-0.4, -0.2) is 115 Å². The van der Waals surface area contributed by atoms with Gasteiger partial charge >= 0.3 is 0 Å². The van der Waals surface area contributed by atoms with Gasteiger partial charge in [0.25, 0.3) is 0 Å². The third-order valence-corrected chi connectivity index (χ3v) is 7.99. The molecule has 13 nitrogen and oxygen atoms in total. The molecule has 2 aliphatic rings. The van der Waals surface area contributed by atoms with Crippen LogP contribution in [-0.2, 0) is 15.9 Å². The molecule has 2 aromatic carbocycles. The highest BCUT2D eigenvalue weighted by atomic mass is 16.7. The number of aliphatic hydroxyl groups excluding tert-OH is 5. The van der Waals surface area contributed by atoms with E-state index < -0.39 is 55.1 Å². The van der Waals surface area contributed by atoms with Crippen molar-refractivity contribution in [2.75, 3.05) is 48.3 Å². The minimum Gasteiger partial charge on any atom is -0.502 e.